The lowest BCUT2D eigenvalue weighted by atomic mass is 10.1. The SMILES string of the molecule is C=CC1CC(=O)N(Cc2ccc(C)s2)C1. The third-order valence-electron chi connectivity index (χ3n) is 2.72. The van der Waals surface area contributed by atoms with Crippen LogP contribution in [-0.4, -0.2) is 17.4 Å². The zero-order chi connectivity index (χ0) is 10.8. The summed E-state index contributed by atoms with van der Waals surface area (Å²) in [5, 5.41) is 0. The summed E-state index contributed by atoms with van der Waals surface area (Å²) in [5.41, 5.74) is 0. The first-order valence-corrected chi connectivity index (χ1v) is 5.96. The smallest absolute Gasteiger partial charge is 0.223 e. The van der Waals surface area contributed by atoms with Crippen molar-refractivity contribution in [2.24, 2.45) is 5.92 Å². The molecule has 0 saturated carbocycles. The lowest BCUT2D eigenvalue weighted by Gasteiger charge is -2.14. The molecule has 0 aromatic carbocycles. The Bertz CT molecular complexity index is 383. The number of hydrogen-bond acceptors (Lipinski definition) is 2. The maximum atomic E-state index is 11.6. The molecule has 2 rings (SSSR count). The maximum Gasteiger partial charge on any atom is 0.223 e. The summed E-state index contributed by atoms with van der Waals surface area (Å²) < 4.78 is 0. The Kier molecular flexibility index (Phi) is 2.91. The average molecular weight is 221 g/mol. The number of rotatable bonds is 3. The third-order valence-corrected chi connectivity index (χ3v) is 3.71. The van der Waals surface area contributed by atoms with Gasteiger partial charge in [0.1, 0.15) is 0 Å². The number of carbonyl (C=O) groups excluding carboxylic acids is 1. The van der Waals surface area contributed by atoms with Crippen LogP contribution in [0.5, 0.6) is 0 Å². The van der Waals surface area contributed by atoms with Crippen LogP contribution in [0.25, 0.3) is 0 Å². The van der Waals surface area contributed by atoms with E-state index in [9.17, 15) is 4.79 Å². The van der Waals surface area contributed by atoms with E-state index in [2.05, 4.69) is 25.6 Å². The van der Waals surface area contributed by atoms with Gasteiger partial charge in [0, 0.05) is 28.6 Å². The molecule has 1 amide bonds. The fourth-order valence-corrected chi connectivity index (χ4v) is 2.78. The van der Waals surface area contributed by atoms with Gasteiger partial charge in [-0.1, -0.05) is 6.08 Å². The van der Waals surface area contributed by atoms with E-state index in [-0.39, 0.29) is 5.91 Å². The molecular weight excluding hydrogens is 206 g/mol. The molecule has 1 aliphatic rings. The standard InChI is InChI=1S/C12H15NOS/c1-3-10-6-12(14)13(7-10)8-11-5-4-9(2)15-11/h3-5,10H,1,6-8H2,2H3. The van der Waals surface area contributed by atoms with Gasteiger partial charge >= 0.3 is 0 Å². The predicted octanol–water partition coefficient (Wildman–Crippen LogP) is 2.59. The van der Waals surface area contributed by atoms with Crippen molar-refractivity contribution in [2.75, 3.05) is 6.54 Å². The number of amides is 1. The minimum Gasteiger partial charge on any atom is -0.337 e. The highest BCUT2D eigenvalue weighted by molar-refractivity contribution is 7.11. The Morgan fingerprint density at radius 3 is 3.00 bits per heavy atom. The van der Waals surface area contributed by atoms with Gasteiger partial charge in [0.05, 0.1) is 6.54 Å². The van der Waals surface area contributed by atoms with Crippen molar-refractivity contribution in [3.05, 3.63) is 34.5 Å². The highest BCUT2D eigenvalue weighted by Crippen LogP contribution is 2.23. The highest BCUT2D eigenvalue weighted by atomic mass is 32.1. The van der Waals surface area contributed by atoms with E-state index in [0.29, 0.717) is 12.3 Å². The zero-order valence-electron chi connectivity index (χ0n) is 8.90. The van der Waals surface area contributed by atoms with E-state index >= 15 is 0 Å². The Labute approximate surface area is 94.2 Å². The maximum absolute atomic E-state index is 11.6. The van der Waals surface area contributed by atoms with E-state index < -0.39 is 0 Å². The number of thiophene rings is 1. The molecule has 2 nitrogen and oxygen atoms in total. The molecule has 1 aromatic rings. The second-order valence-corrected chi connectivity index (χ2v) is 5.36. The third kappa shape index (κ3) is 2.29. The molecule has 2 heterocycles. The number of aryl methyl sites for hydroxylation is 1. The lowest BCUT2D eigenvalue weighted by molar-refractivity contribution is -0.128. The molecule has 0 bridgehead atoms. The zero-order valence-corrected chi connectivity index (χ0v) is 9.72. The summed E-state index contributed by atoms with van der Waals surface area (Å²) in [4.78, 5) is 16.1. The van der Waals surface area contributed by atoms with E-state index in [1.54, 1.807) is 11.3 Å². The first-order valence-electron chi connectivity index (χ1n) is 5.14. The molecule has 0 N–H and O–H groups in total. The molecule has 1 fully saturated rings. The van der Waals surface area contributed by atoms with Crippen LogP contribution in [0.2, 0.25) is 0 Å². The quantitative estimate of drug-likeness (QED) is 0.718. The normalized spacial score (nSPS) is 21.0. The average Bonchev–Trinajstić information content (AvgIpc) is 2.75. The van der Waals surface area contributed by atoms with Crippen LogP contribution >= 0.6 is 11.3 Å². The molecule has 15 heavy (non-hydrogen) atoms. The molecule has 0 aliphatic carbocycles. The van der Waals surface area contributed by atoms with Crippen LogP contribution in [0, 0.1) is 12.8 Å². The van der Waals surface area contributed by atoms with Crippen molar-refractivity contribution >= 4 is 17.2 Å². The van der Waals surface area contributed by atoms with Crippen molar-refractivity contribution in [3.63, 3.8) is 0 Å². The molecular formula is C12H15NOS. The first-order chi connectivity index (χ1) is 7.19. The summed E-state index contributed by atoms with van der Waals surface area (Å²) in [5.74, 6) is 0.601. The minimum atomic E-state index is 0.256. The molecule has 0 spiro atoms. The van der Waals surface area contributed by atoms with Gasteiger partial charge in [-0.3, -0.25) is 4.79 Å². The van der Waals surface area contributed by atoms with Gasteiger partial charge < -0.3 is 4.90 Å². The number of hydrogen-bond donors (Lipinski definition) is 0. The van der Waals surface area contributed by atoms with E-state index in [0.717, 1.165) is 13.1 Å². The van der Waals surface area contributed by atoms with Gasteiger partial charge in [0.15, 0.2) is 0 Å². The second-order valence-electron chi connectivity index (χ2n) is 3.99. The molecule has 1 unspecified atom stereocenters. The van der Waals surface area contributed by atoms with E-state index in [4.69, 9.17) is 0 Å². The van der Waals surface area contributed by atoms with Gasteiger partial charge in [-0.25, -0.2) is 0 Å². The summed E-state index contributed by atoms with van der Waals surface area (Å²) in [7, 11) is 0. The number of carbonyl (C=O) groups is 1. The van der Waals surface area contributed by atoms with Crippen molar-refractivity contribution in [2.45, 2.75) is 19.9 Å². The topological polar surface area (TPSA) is 20.3 Å². The molecule has 1 aliphatic heterocycles. The van der Waals surface area contributed by atoms with E-state index in [1.165, 1.54) is 9.75 Å². The monoisotopic (exact) mass is 221 g/mol. The van der Waals surface area contributed by atoms with E-state index in [1.807, 2.05) is 11.0 Å². The van der Waals surface area contributed by atoms with Crippen LogP contribution in [0.15, 0.2) is 24.8 Å². The largest absolute Gasteiger partial charge is 0.337 e. The van der Waals surface area contributed by atoms with Gasteiger partial charge in [-0.2, -0.15) is 0 Å². The van der Waals surface area contributed by atoms with Crippen molar-refractivity contribution < 1.29 is 4.79 Å². The van der Waals surface area contributed by atoms with Crippen molar-refractivity contribution in [1.82, 2.24) is 4.90 Å². The Morgan fingerprint density at radius 1 is 1.67 bits per heavy atom. The van der Waals surface area contributed by atoms with Crippen molar-refractivity contribution in [1.29, 1.82) is 0 Å². The van der Waals surface area contributed by atoms with Crippen LogP contribution in [0.1, 0.15) is 16.2 Å². The van der Waals surface area contributed by atoms with Crippen LogP contribution in [0.4, 0.5) is 0 Å². The fraction of sp³-hybridized carbons (Fsp3) is 0.417. The van der Waals surface area contributed by atoms with Crippen LogP contribution in [0.3, 0.4) is 0 Å². The highest BCUT2D eigenvalue weighted by Gasteiger charge is 2.27. The lowest BCUT2D eigenvalue weighted by Crippen LogP contribution is -2.23. The van der Waals surface area contributed by atoms with Crippen LogP contribution < -0.4 is 0 Å². The van der Waals surface area contributed by atoms with Crippen LogP contribution in [-0.2, 0) is 11.3 Å². The molecule has 80 valence electrons. The van der Waals surface area contributed by atoms with Gasteiger partial charge in [0.2, 0.25) is 5.91 Å². The fourth-order valence-electron chi connectivity index (χ4n) is 1.87. The van der Waals surface area contributed by atoms with Crippen molar-refractivity contribution in [3.8, 4) is 0 Å². The molecule has 1 atom stereocenters. The summed E-state index contributed by atoms with van der Waals surface area (Å²) in [6.45, 7) is 7.43. The molecule has 1 aromatic heterocycles. The summed E-state index contributed by atoms with van der Waals surface area (Å²) >= 11 is 1.77. The predicted molar refractivity (Wildman–Crippen MR) is 62.8 cm³/mol. The van der Waals surface area contributed by atoms with Gasteiger partial charge in [0.25, 0.3) is 0 Å². The Hall–Kier alpha value is -1.09. The second kappa shape index (κ2) is 4.19. The Morgan fingerprint density at radius 2 is 2.47 bits per heavy atom. The molecule has 0 radical (unpaired) electrons. The minimum absolute atomic E-state index is 0.256. The molecule has 1 saturated heterocycles. The first kappa shape index (κ1) is 10.4. The number of nitrogens with zero attached hydrogens (tertiary/aromatic N) is 1. The summed E-state index contributed by atoms with van der Waals surface area (Å²) in [6.07, 6.45) is 2.52. The van der Waals surface area contributed by atoms with Gasteiger partial charge in [-0.05, 0) is 19.1 Å². The number of likely N-dealkylation sites (tertiary alicyclic amines) is 1. The molecule has 3 heteroatoms. The Balaban J connectivity index is 2.01. The summed E-state index contributed by atoms with van der Waals surface area (Å²) in [6, 6.07) is 4.21. The van der Waals surface area contributed by atoms with Gasteiger partial charge in [-0.15, -0.1) is 17.9 Å².